The number of cyclic esters (lactones) is 1. The van der Waals surface area contributed by atoms with Crippen LogP contribution in [0.4, 0.5) is 13.6 Å². The van der Waals surface area contributed by atoms with Gasteiger partial charge in [0.1, 0.15) is 23.4 Å². The zero-order chi connectivity index (χ0) is 38.3. The number of fused-ring (bicyclic) bond motifs is 8. The smallest absolute Gasteiger partial charge is 0.407 e. The van der Waals surface area contributed by atoms with Gasteiger partial charge in [-0.3, -0.25) is 19.1 Å². The molecule has 0 spiro atoms. The summed E-state index contributed by atoms with van der Waals surface area (Å²) in [5, 5.41) is 17.3. The van der Waals surface area contributed by atoms with Gasteiger partial charge in [-0.05, 0) is 79.3 Å². The van der Waals surface area contributed by atoms with Gasteiger partial charge in [0, 0.05) is 12.5 Å². The van der Waals surface area contributed by atoms with Crippen LogP contribution in [0.25, 0.3) is 5.69 Å². The minimum atomic E-state index is -4.12. The van der Waals surface area contributed by atoms with Crippen molar-refractivity contribution in [3.63, 3.8) is 0 Å². The van der Waals surface area contributed by atoms with Gasteiger partial charge < -0.3 is 25.0 Å². The largest absolute Gasteiger partial charge is 0.496 e. The minimum absolute atomic E-state index is 0.0874. The highest BCUT2D eigenvalue weighted by Gasteiger charge is 2.67. The molecular weight excluding hydrogens is 718 g/mol. The highest BCUT2D eigenvalue weighted by molar-refractivity contribution is 7.91. The Hall–Kier alpha value is -4.42. The third kappa shape index (κ3) is 8.23. The first-order chi connectivity index (χ1) is 25.0. The number of methoxy groups -OCH3 is 1. The lowest BCUT2D eigenvalue weighted by Crippen LogP contribution is -2.60. The van der Waals surface area contributed by atoms with E-state index in [0.29, 0.717) is 37.1 Å². The second kappa shape index (κ2) is 14.8. The number of ether oxygens (including phenoxy) is 2. The van der Waals surface area contributed by atoms with Gasteiger partial charge in [-0.15, -0.1) is 15.0 Å². The highest BCUT2D eigenvalue weighted by atomic mass is 32.2. The standard InChI is InChI=1S/C34H46F2N8O8S/c1-33(2,3)26-30(46)43-18-20(16-24(43)29(45)38-34(17-23(34)27(35)36)31(47)41-53(49,50)22-11-12-22)28-39-42-44(40-28)21-10-13-25(51-4)19(15-21)9-7-5-6-8-14-52-32(48)37-26/h10,13,15,20,22-24,26-27H,5-9,11-12,14,16-18H2,1-4H3,(H,37,48)(H,38,45)(H,41,47)/t20-,23+,24+,26-,34-/m1/s1. The van der Waals surface area contributed by atoms with Crippen LogP contribution in [0.2, 0.25) is 0 Å². The van der Waals surface area contributed by atoms with E-state index in [2.05, 4.69) is 26.0 Å². The average molecular weight is 765 g/mol. The molecule has 2 aliphatic heterocycles. The summed E-state index contributed by atoms with van der Waals surface area (Å²) in [6.07, 6.45) is 0.0221. The van der Waals surface area contributed by atoms with Crippen LogP contribution in [-0.4, -0.2) is 107 Å². The Bertz CT molecular complexity index is 1850. The number of carbonyl (C=O) groups excluding carboxylic acids is 4. The molecule has 3 heterocycles. The molecule has 6 bridgehead atoms. The SMILES string of the molecule is COc1ccc2cc1CCCCCCOC(=O)N[C@@H](C(C)(C)C)C(=O)N1C[C@@H](C[C@H]1C(=O)N[C@]1(C(=O)NS(=O)(=O)C3CC3)C[C@H]1C(F)F)c1nnn-2n1. The highest BCUT2D eigenvalue weighted by Crippen LogP contribution is 2.48. The van der Waals surface area contributed by atoms with Crippen LogP contribution in [0.3, 0.4) is 0 Å². The van der Waals surface area contributed by atoms with Crippen LogP contribution in [0.5, 0.6) is 5.75 Å². The predicted molar refractivity (Wildman–Crippen MR) is 184 cm³/mol. The van der Waals surface area contributed by atoms with Gasteiger partial charge in [-0.2, -0.15) is 0 Å². The minimum Gasteiger partial charge on any atom is -0.496 e. The van der Waals surface area contributed by atoms with Crippen molar-refractivity contribution in [3.8, 4) is 11.4 Å². The summed E-state index contributed by atoms with van der Waals surface area (Å²) < 4.78 is 66.2. The molecule has 6 rings (SSSR count). The number of alkyl halides is 2. The van der Waals surface area contributed by atoms with Crippen molar-refractivity contribution >= 4 is 33.8 Å². The third-order valence-electron chi connectivity index (χ3n) is 10.4. The van der Waals surface area contributed by atoms with Gasteiger partial charge in [0.15, 0.2) is 5.82 Å². The molecule has 53 heavy (non-hydrogen) atoms. The number of halogens is 2. The lowest BCUT2D eigenvalue weighted by molar-refractivity contribution is -0.143. The molecular formula is C34H46F2N8O8S. The molecule has 1 aromatic carbocycles. The van der Waals surface area contributed by atoms with Crippen LogP contribution in [0, 0.1) is 11.3 Å². The Morgan fingerprint density at radius 1 is 1.13 bits per heavy atom. The molecule has 2 saturated carbocycles. The Morgan fingerprint density at radius 2 is 1.87 bits per heavy atom. The average Bonchev–Trinajstić information content (AvgIpc) is 3.98. The van der Waals surface area contributed by atoms with E-state index < -0.39 is 86.8 Å². The molecule has 0 radical (unpaired) electrons. The molecule has 1 aromatic heterocycles. The zero-order valence-electron chi connectivity index (χ0n) is 30.1. The predicted octanol–water partition coefficient (Wildman–Crippen LogP) is 2.36. The van der Waals surface area contributed by atoms with Gasteiger partial charge in [0.05, 0.1) is 30.6 Å². The summed E-state index contributed by atoms with van der Waals surface area (Å²) in [4.78, 5) is 57.4. The lowest BCUT2D eigenvalue weighted by atomic mass is 9.85. The maximum absolute atomic E-state index is 14.4. The van der Waals surface area contributed by atoms with E-state index in [-0.39, 0.29) is 25.4 Å². The molecule has 0 unspecified atom stereocenters. The van der Waals surface area contributed by atoms with E-state index in [9.17, 15) is 36.4 Å². The molecule has 2 aliphatic carbocycles. The Labute approximate surface area is 306 Å². The number of carbonyl (C=O) groups is 4. The molecule has 3 fully saturated rings. The number of rotatable bonds is 7. The number of amides is 4. The van der Waals surface area contributed by atoms with Crippen molar-refractivity contribution in [2.24, 2.45) is 11.3 Å². The van der Waals surface area contributed by atoms with Crippen molar-refractivity contribution in [2.75, 3.05) is 20.3 Å². The van der Waals surface area contributed by atoms with Crippen LogP contribution in [0.15, 0.2) is 18.2 Å². The van der Waals surface area contributed by atoms with Crippen LogP contribution >= 0.6 is 0 Å². The summed E-state index contributed by atoms with van der Waals surface area (Å²) in [7, 11) is -2.54. The molecule has 19 heteroatoms. The fourth-order valence-corrected chi connectivity index (χ4v) is 8.41. The van der Waals surface area contributed by atoms with E-state index >= 15 is 0 Å². The fraction of sp³-hybridized carbons (Fsp3) is 0.676. The normalized spacial score (nSPS) is 27.0. The molecule has 4 aliphatic rings. The Morgan fingerprint density at radius 3 is 2.53 bits per heavy atom. The van der Waals surface area contributed by atoms with Gasteiger partial charge >= 0.3 is 6.09 Å². The number of alkyl carbamates (subject to hydrolysis) is 1. The summed E-state index contributed by atoms with van der Waals surface area (Å²) in [6, 6.07) is 2.95. The van der Waals surface area contributed by atoms with Crippen molar-refractivity contribution in [1.29, 1.82) is 0 Å². The van der Waals surface area contributed by atoms with E-state index in [1.807, 2.05) is 16.9 Å². The Kier molecular flexibility index (Phi) is 10.7. The van der Waals surface area contributed by atoms with Crippen molar-refractivity contribution in [1.82, 2.24) is 40.5 Å². The summed E-state index contributed by atoms with van der Waals surface area (Å²) in [5.74, 6) is -4.27. The number of aromatic nitrogens is 4. The maximum atomic E-state index is 14.4. The number of sulfonamides is 1. The molecule has 290 valence electrons. The topological polar surface area (TPSA) is 204 Å². The number of nitrogens with zero attached hydrogens (tertiary/aromatic N) is 5. The molecule has 16 nitrogen and oxygen atoms in total. The first-order valence-corrected chi connectivity index (χ1v) is 19.5. The number of hydrogen-bond donors (Lipinski definition) is 3. The van der Waals surface area contributed by atoms with Crippen LogP contribution in [0.1, 0.15) is 89.4 Å². The summed E-state index contributed by atoms with van der Waals surface area (Å²) >= 11 is 0. The van der Waals surface area contributed by atoms with E-state index in [1.165, 1.54) is 9.70 Å². The first-order valence-electron chi connectivity index (χ1n) is 17.9. The molecule has 3 N–H and O–H groups in total. The molecule has 4 amide bonds. The molecule has 1 saturated heterocycles. The van der Waals surface area contributed by atoms with Gasteiger partial charge in [-0.1, -0.05) is 33.6 Å². The van der Waals surface area contributed by atoms with Gasteiger partial charge in [-0.25, -0.2) is 22.0 Å². The van der Waals surface area contributed by atoms with E-state index in [4.69, 9.17) is 9.47 Å². The number of hydrogen-bond acceptors (Lipinski definition) is 11. The lowest BCUT2D eigenvalue weighted by Gasteiger charge is -2.35. The van der Waals surface area contributed by atoms with Crippen molar-refractivity contribution in [3.05, 3.63) is 29.6 Å². The Balaban J connectivity index is 1.33. The van der Waals surface area contributed by atoms with Crippen LogP contribution in [-0.2, 0) is 35.6 Å². The first kappa shape index (κ1) is 38.3. The number of benzene rings is 1. The van der Waals surface area contributed by atoms with Gasteiger partial charge in [0.2, 0.25) is 28.3 Å². The number of aryl methyl sites for hydroxylation is 1. The fourth-order valence-electron chi connectivity index (χ4n) is 7.05. The second-order valence-electron chi connectivity index (χ2n) is 15.4. The van der Waals surface area contributed by atoms with Gasteiger partial charge in [0.25, 0.3) is 5.91 Å². The molecule has 5 atom stereocenters. The summed E-state index contributed by atoms with van der Waals surface area (Å²) in [6.45, 7) is 5.18. The maximum Gasteiger partial charge on any atom is 0.407 e. The molecule has 2 aromatic rings. The van der Waals surface area contributed by atoms with Crippen molar-refractivity contribution in [2.45, 2.75) is 114 Å². The summed E-state index contributed by atoms with van der Waals surface area (Å²) in [5.41, 5.74) is -1.54. The second-order valence-corrected chi connectivity index (χ2v) is 17.4. The number of nitrogens with one attached hydrogen (secondary N) is 3. The van der Waals surface area contributed by atoms with E-state index in [0.717, 1.165) is 24.8 Å². The quantitative estimate of drug-likeness (QED) is 0.374. The van der Waals surface area contributed by atoms with E-state index in [1.54, 1.807) is 33.9 Å². The monoisotopic (exact) mass is 764 g/mol. The van der Waals surface area contributed by atoms with Crippen LogP contribution < -0.4 is 20.1 Å². The third-order valence-corrected chi connectivity index (χ3v) is 12.2. The number of tetrazole rings is 1. The zero-order valence-corrected chi connectivity index (χ0v) is 31.0. The van der Waals surface area contributed by atoms with Crippen molar-refractivity contribution < 1.29 is 45.9 Å².